The number of hydrogen-bond acceptors (Lipinski definition) is 5. The van der Waals surface area contributed by atoms with Crippen LogP contribution in [-0.4, -0.2) is 47.6 Å². The minimum Gasteiger partial charge on any atom is -0.354 e. The molecule has 1 fully saturated rings. The van der Waals surface area contributed by atoms with Gasteiger partial charge in [-0.15, -0.1) is 0 Å². The minimum absolute atomic E-state index is 0.224. The number of likely N-dealkylation sites (N-methyl/N-ethyl adjacent to an activating group) is 1. The van der Waals surface area contributed by atoms with Gasteiger partial charge in [-0.25, -0.2) is 9.37 Å². The summed E-state index contributed by atoms with van der Waals surface area (Å²) in [4.78, 5) is 13.6. The molecule has 1 N–H and O–H groups in total. The fourth-order valence-electron chi connectivity index (χ4n) is 2.69. The molecular formula is C17H22FN5. The van der Waals surface area contributed by atoms with E-state index in [4.69, 9.17) is 0 Å². The number of nitrogens with zero attached hydrogens (tertiary/aromatic N) is 4. The van der Waals surface area contributed by atoms with Gasteiger partial charge in [0.1, 0.15) is 11.6 Å². The standard InChI is InChI=1S/C17H22FN5/c1-2-22-9-11-23(12-10-22)16-7-8-19-17(21-16)20-13-14-3-5-15(18)6-4-14/h3-8H,2,9-13H2,1H3,(H,19,20,21). The third kappa shape index (κ3) is 4.16. The maximum Gasteiger partial charge on any atom is 0.224 e. The summed E-state index contributed by atoms with van der Waals surface area (Å²) in [5.74, 6) is 1.33. The maximum absolute atomic E-state index is 12.9. The number of hydrogen-bond donors (Lipinski definition) is 1. The van der Waals surface area contributed by atoms with Gasteiger partial charge in [0.15, 0.2) is 0 Å². The van der Waals surface area contributed by atoms with E-state index in [0.29, 0.717) is 12.5 Å². The molecule has 0 saturated carbocycles. The molecule has 1 aliphatic rings. The summed E-state index contributed by atoms with van der Waals surface area (Å²) >= 11 is 0. The van der Waals surface area contributed by atoms with E-state index in [1.807, 2.05) is 6.07 Å². The molecule has 0 radical (unpaired) electrons. The molecule has 0 amide bonds. The van der Waals surface area contributed by atoms with E-state index in [2.05, 4.69) is 32.0 Å². The minimum atomic E-state index is -0.224. The molecule has 1 aromatic heterocycles. The lowest BCUT2D eigenvalue weighted by Gasteiger charge is -2.34. The summed E-state index contributed by atoms with van der Waals surface area (Å²) in [7, 11) is 0. The fourth-order valence-corrected chi connectivity index (χ4v) is 2.69. The molecule has 0 atom stereocenters. The van der Waals surface area contributed by atoms with E-state index >= 15 is 0 Å². The van der Waals surface area contributed by atoms with Crippen LogP contribution in [0.15, 0.2) is 36.5 Å². The number of halogens is 1. The van der Waals surface area contributed by atoms with Gasteiger partial charge in [0.05, 0.1) is 0 Å². The quantitative estimate of drug-likeness (QED) is 0.918. The number of benzene rings is 1. The molecule has 3 rings (SSSR count). The molecule has 2 heterocycles. The first-order valence-electron chi connectivity index (χ1n) is 8.03. The van der Waals surface area contributed by atoms with E-state index in [1.54, 1.807) is 18.3 Å². The highest BCUT2D eigenvalue weighted by molar-refractivity contribution is 5.43. The van der Waals surface area contributed by atoms with Crippen LogP contribution in [0.5, 0.6) is 0 Å². The first-order valence-corrected chi connectivity index (χ1v) is 8.03. The lowest BCUT2D eigenvalue weighted by Crippen LogP contribution is -2.46. The Hall–Kier alpha value is -2.21. The average Bonchev–Trinajstić information content (AvgIpc) is 2.61. The Balaban J connectivity index is 1.60. The lowest BCUT2D eigenvalue weighted by molar-refractivity contribution is 0.270. The van der Waals surface area contributed by atoms with Gasteiger partial charge < -0.3 is 15.1 Å². The van der Waals surface area contributed by atoms with Crippen molar-refractivity contribution in [2.24, 2.45) is 0 Å². The van der Waals surface area contributed by atoms with Gasteiger partial charge in [-0.3, -0.25) is 0 Å². The van der Waals surface area contributed by atoms with Gasteiger partial charge in [-0.05, 0) is 30.3 Å². The SMILES string of the molecule is CCN1CCN(c2ccnc(NCc3ccc(F)cc3)n2)CC1. The molecular weight excluding hydrogens is 293 g/mol. The van der Waals surface area contributed by atoms with Crippen molar-refractivity contribution in [1.29, 1.82) is 0 Å². The zero-order chi connectivity index (χ0) is 16.1. The van der Waals surface area contributed by atoms with Crippen LogP contribution < -0.4 is 10.2 Å². The lowest BCUT2D eigenvalue weighted by atomic mass is 10.2. The molecule has 1 saturated heterocycles. The van der Waals surface area contributed by atoms with E-state index in [1.165, 1.54) is 12.1 Å². The zero-order valence-electron chi connectivity index (χ0n) is 13.4. The van der Waals surface area contributed by atoms with Crippen LogP contribution in [0.2, 0.25) is 0 Å². The summed E-state index contributed by atoms with van der Waals surface area (Å²) in [6.07, 6.45) is 1.78. The number of anilines is 2. The van der Waals surface area contributed by atoms with Crippen molar-refractivity contribution in [3.63, 3.8) is 0 Å². The van der Waals surface area contributed by atoms with Crippen molar-refractivity contribution in [3.05, 3.63) is 47.9 Å². The molecule has 6 heteroatoms. The molecule has 2 aromatic rings. The molecule has 23 heavy (non-hydrogen) atoms. The third-order valence-corrected chi connectivity index (χ3v) is 4.15. The molecule has 5 nitrogen and oxygen atoms in total. The van der Waals surface area contributed by atoms with Crippen LogP contribution in [0.3, 0.4) is 0 Å². The van der Waals surface area contributed by atoms with Crippen molar-refractivity contribution in [3.8, 4) is 0 Å². The van der Waals surface area contributed by atoms with E-state index in [-0.39, 0.29) is 5.82 Å². The normalized spacial score (nSPS) is 15.7. The Morgan fingerprint density at radius 1 is 1.09 bits per heavy atom. The van der Waals surface area contributed by atoms with Gasteiger partial charge >= 0.3 is 0 Å². The van der Waals surface area contributed by atoms with Crippen LogP contribution in [0.1, 0.15) is 12.5 Å². The summed E-state index contributed by atoms with van der Waals surface area (Å²) in [5.41, 5.74) is 0.997. The van der Waals surface area contributed by atoms with Gasteiger partial charge in [0.2, 0.25) is 5.95 Å². The van der Waals surface area contributed by atoms with Crippen molar-refractivity contribution < 1.29 is 4.39 Å². The van der Waals surface area contributed by atoms with Gasteiger partial charge in [-0.1, -0.05) is 19.1 Å². The highest BCUT2D eigenvalue weighted by atomic mass is 19.1. The van der Waals surface area contributed by atoms with Crippen molar-refractivity contribution in [2.75, 3.05) is 42.9 Å². The second kappa shape index (κ2) is 7.37. The average molecular weight is 315 g/mol. The Labute approximate surface area is 136 Å². The zero-order valence-corrected chi connectivity index (χ0v) is 13.4. The second-order valence-corrected chi connectivity index (χ2v) is 5.64. The number of rotatable bonds is 5. The Bertz CT molecular complexity index is 623. The van der Waals surface area contributed by atoms with Crippen LogP contribution in [-0.2, 0) is 6.54 Å². The molecule has 0 unspecified atom stereocenters. The van der Waals surface area contributed by atoms with Crippen molar-refractivity contribution in [1.82, 2.24) is 14.9 Å². The smallest absolute Gasteiger partial charge is 0.224 e. The summed E-state index contributed by atoms with van der Waals surface area (Å²) in [6, 6.07) is 8.39. The summed E-state index contributed by atoms with van der Waals surface area (Å²) < 4.78 is 12.9. The third-order valence-electron chi connectivity index (χ3n) is 4.15. The van der Waals surface area contributed by atoms with E-state index < -0.39 is 0 Å². The summed E-state index contributed by atoms with van der Waals surface area (Å²) in [6.45, 7) is 7.98. The van der Waals surface area contributed by atoms with E-state index in [9.17, 15) is 4.39 Å². The Morgan fingerprint density at radius 3 is 2.52 bits per heavy atom. The topological polar surface area (TPSA) is 44.3 Å². The maximum atomic E-state index is 12.9. The van der Waals surface area contributed by atoms with Crippen LogP contribution in [0.25, 0.3) is 0 Å². The van der Waals surface area contributed by atoms with Crippen molar-refractivity contribution in [2.45, 2.75) is 13.5 Å². The second-order valence-electron chi connectivity index (χ2n) is 5.64. The number of nitrogens with one attached hydrogen (secondary N) is 1. The first kappa shape index (κ1) is 15.7. The first-order chi connectivity index (χ1) is 11.2. The van der Waals surface area contributed by atoms with Crippen LogP contribution >= 0.6 is 0 Å². The molecule has 0 spiro atoms. The predicted molar refractivity (Wildman–Crippen MR) is 90.1 cm³/mol. The number of aromatic nitrogens is 2. The Morgan fingerprint density at radius 2 is 1.83 bits per heavy atom. The monoisotopic (exact) mass is 315 g/mol. The largest absolute Gasteiger partial charge is 0.354 e. The number of piperazine rings is 1. The molecule has 0 aliphatic carbocycles. The highest BCUT2D eigenvalue weighted by Crippen LogP contribution is 2.15. The fraction of sp³-hybridized carbons (Fsp3) is 0.412. The summed E-state index contributed by atoms with van der Waals surface area (Å²) in [5, 5.41) is 3.20. The van der Waals surface area contributed by atoms with E-state index in [0.717, 1.165) is 44.1 Å². The van der Waals surface area contributed by atoms with Crippen molar-refractivity contribution >= 4 is 11.8 Å². The Kier molecular flexibility index (Phi) is 5.02. The molecule has 1 aliphatic heterocycles. The van der Waals surface area contributed by atoms with Gasteiger partial charge in [-0.2, -0.15) is 4.98 Å². The highest BCUT2D eigenvalue weighted by Gasteiger charge is 2.17. The molecule has 0 bridgehead atoms. The molecule has 122 valence electrons. The molecule has 1 aromatic carbocycles. The predicted octanol–water partition coefficient (Wildman–Crippen LogP) is 2.37. The van der Waals surface area contributed by atoms with Gasteiger partial charge in [0.25, 0.3) is 0 Å². The van der Waals surface area contributed by atoms with Crippen LogP contribution in [0, 0.1) is 5.82 Å². The van der Waals surface area contributed by atoms with Crippen LogP contribution in [0.4, 0.5) is 16.2 Å². The van der Waals surface area contributed by atoms with Gasteiger partial charge in [0, 0.05) is 38.9 Å².